The van der Waals surface area contributed by atoms with Crippen molar-refractivity contribution in [3.8, 4) is 5.75 Å². The number of hydrogen-bond acceptors (Lipinski definition) is 3. The maximum Gasteiger partial charge on any atom is 0.220 e. The number of aryl methyl sites for hydroxylation is 1. The molecule has 1 heterocycles. The van der Waals surface area contributed by atoms with Crippen molar-refractivity contribution in [1.29, 1.82) is 0 Å². The Hall–Kier alpha value is -1.26. The highest BCUT2D eigenvalue weighted by atomic mass is 35.5. The third kappa shape index (κ3) is 6.04. The molecule has 1 aliphatic rings. The Balaban J connectivity index is 0.00000264. The molecule has 1 amide bonds. The summed E-state index contributed by atoms with van der Waals surface area (Å²) in [6.45, 7) is 6.92. The summed E-state index contributed by atoms with van der Waals surface area (Å²) in [4.78, 5) is 12.2. The highest BCUT2D eigenvalue weighted by Gasteiger charge is 2.21. The molecule has 1 atom stereocenters. The second-order valence-corrected chi connectivity index (χ2v) is 6.36. The zero-order chi connectivity index (χ0) is 15.9. The summed E-state index contributed by atoms with van der Waals surface area (Å²) in [7, 11) is 1.67. The minimum absolute atomic E-state index is 0. The monoisotopic (exact) mass is 340 g/mol. The first-order valence-electron chi connectivity index (χ1n) is 8.21. The highest BCUT2D eigenvalue weighted by Crippen LogP contribution is 2.24. The van der Waals surface area contributed by atoms with E-state index in [1.807, 2.05) is 25.1 Å². The molecule has 23 heavy (non-hydrogen) atoms. The lowest BCUT2D eigenvalue weighted by atomic mass is 9.84. The topological polar surface area (TPSA) is 50.4 Å². The van der Waals surface area contributed by atoms with Crippen LogP contribution in [0.15, 0.2) is 18.2 Å². The van der Waals surface area contributed by atoms with Gasteiger partial charge in [-0.3, -0.25) is 4.79 Å². The number of halogens is 1. The molecule has 0 aliphatic carbocycles. The van der Waals surface area contributed by atoms with Gasteiger partial charge in [0, 0.05) is 18.5 Å². The van der Waals surface area contributed by atoms with Crippen LogP contribution in [0.4, 0.5) is 0 Å². The maximum absolute atomic E-state index is 12.2. The number of carbonyl (C=O) groups excluding carboxylic acids is 1. The summed E-state index contributed by atoms with van der Waals surface area (Å²) in [5.74, 6) is 2.09. The van der Waals surface area contributed by atoms with Gasteiger partial charge in [-0.05, 0) is 56.3 Å². The summed E-state index contributed by atoms with van der Waals surface area (Å²) >= 11 is 0. The summed E-state index contributed by atoms with van der Waals surface area (Å²) in [5, 5.41) is 6.40. The van der Waals surface area contributed by atoms with Gasteiger partial charge in [-0.15, -0.1) is 12.4 Å². The molecule has 0 saturated carbocycles. The predicted octanol–water partition coefficient (Wildman–Crippen LogP) is 3.07. The lowest BCUT2D eigenvalue weighted by molar-refractivity contribution is -0.122. The van der Waals surface area contributed by atoms with Crippen molar-refractivity contribution in [2.45, 2.75) is 39.7 Å². The van der Waals surface area contributed by atoms with Crippen LogP contribution in [0, 0.1) is 18.8 Å². The molecule has 0 bridgehead atoms. The Kier molecular flexibility index (Phi) is 8.42. The number of rotatable bonds is 6. The normalized spacial score (nSPS) is 16.3. The van der Waals surface area contributed by atoms with Crippen molar-refractivity contribution in [3.05, 3.63) is 29.3 Å². The zero-order valence-corrected chi connectivity index (χ0v) is 15.2. The van der Waals surface area contributed by atoms with Crippen LogP contribution in [0.3, 0.4) is 0 Å². The quantitative estimate of drug-likeness (QED) is 0.836. The van der Waals surface area contributed by atoms with Gasteiger partial charge in [0.05, 0.1) is 7.11 Å². The van der Waals surface area contributed by atoms with Crippen molar-refractivity contribution in [1.82, 2.24) is 10.6 Å². The molecule has 2 N–H and O–H groups in total. The van der Waals surface area contributed by atoms with Crippen molar-refractivity contribution in [2.24, 2.45) is 11.8 Å². The van der Waals surface area contributed by atoms with Crippen LogP contribution < -0.4 is 15.4 Å². The minimum atomic E-state index is 0. The van der Waals surface area contributed by atoms with Gasteiger partial charge < -0.3 is 15.4 Å². The Morgan fingerprint density at radius 2 is 2.09 bits per heavy atom. The summed E-state index contributed by atoms with van der Waals surface area (Å²) in [6.07, 6.45) is 2.97. The van der Waals surface area contributed by atoms with Crippen LogP contribution >= 0.6 is 12.4 Å². The van der Waals surface area contributed by atoms with E-state index >= 15 is 0 Å². The zero-order valence-electron chi connectivity index (χ0n) is 14.4. The van der Waals surface area contributed by atoms with E-state index in [1.54, 1.807) is 7.11 Å². The van der Waals surface area contributed by atoms with Crippen molar-refractivity contribution >= 4 is 18.3 Å². The molecule has 4 nitrogen and oxygen atoms in total. The standard InChI is InChI=1S/C18H28N2O2.ClH/c1-13-4-5-16(17(10-13)22-3)12-20-18(21)11-14(2)15-6-8-19-9-7-15;/h4-5,10,14-15,19H,6-9,11-12H2,1-3H3,(H,20,21);1H. The maximum atomic E-state index is 12.2. The van der Waals surface area contributed by atoms with Crippen LogP contribution in [0.1, 0.15) is 37.3 Å². The smallest absolute Gasteiger partial charge is 0.220 e. The fraction of sp³-hybridized carbons (Fsp3) is 0.611. The van der Waals surface area contributed by atoms with E-state index in [0.717, 1.165) is 30.0 Å². The van der Waals surface area contributed by atoms with Crippen LogP contribution in [0.25, 0.3) is 0 Å². The van der Waals surface area contributed by atoms with Gasteiger partial charge in [-0.2, -0.15) is 0 Å². The van der Waals surface area contributed by atoms with E-state index in [0.29, 0.717) is 24.8 Å². The van der Waals surface area contributed by atoms with Gasteiger partial charge in [0.1, 0.15) is 5.75 Å². The molecule has 0 aromatic heterocycles. The molecule has 1 aromatic carbocycles. The number of methoxy groups -OCH3 is 1. The second kappa shape index (κ2) is 9.78. The van der Waals surface area contributed by atoms with E-state index in [9.17, 15) is 4.79 Å². The summed E-state index contributed by atoms with van der Waals surface area (Å²) in [5.41, 5.74) is 2.18. The minimum Gasteiger partial charge on any atom is -0.496 e. The van der Waals surface area contributed by atoms with E-state index in [-0.39, 0.29) is 18.3 Å². The van der Waals surface area contributed by atoms with Crippen LogP contribution in [0.5, 0.6) is 5.75 Å². The molecule has 1 aliphatic heterocycles. The van der Waals surface area contributed by atoms with Gasteiger partial charge >= 0.3 is 0 Å². The second-order valence-electron chi connectivity index (χ2n) is 6.36. The summed E-state index contributed by atoms with van der Waals surface area (Å²) < 4.78 is 5.38. The summed E-state index contributed by atoms with van der Waals surface area (Å²) in [6, 6.07) is 6.06. The van der Waals surface area contributed by atoms with Crippen LogP contribution in [-0.2, 0) is 11.3 Å². The number of carbonyl (C=O) groups is 1. The average Bonchev–Trinajstić information content (AvgIpc) is 2.54. The van der Waals surface area contributed by atoms with E-state index < -0.39 is 0 Å². The molecule has 1 fully saturated rings. The molecule has 0 spiro atoms. The Morgan fingerprint density at radius 3 is 2.74 bits per heavy atom. The number of piperidine rings is 1. The number of benzene rings is 1. The lowest BCUT2D eigenvalue weighted by Gasteiger charge is -2.27. The predicted molar refractivity (Wildman–Crippen MR) is 96.2 cm³/mol. The Labute approximate surface area is 145 Å². The molecule has 1 aromatic rings. The molecular formula is C18H29ClN2O2. The Morgan fingerprint density at radius 1 is 1.39 bits per heavy atom. The van der Waals surface area contributed by atoms with Gasteiger partial charge in [0.25, 0.3) is 0 Å². The molecule has 5 heteroatoms. The van der Waals surface area contributed by atoms with Crippen LogP contribution in [0.2, 0.25) is 0 Å². The number of amides is 1. The first-order valence-corrected chi connectivity index (χ1v) is 8.21. The lowest BCUT2D eigenvalue weighted by Crippen LogP contribution is -2.33. The van der Waals surface area contributed by atoms with Gasteiger partial charge in [0.15, 0.2) is 0 Å². The van der Waals surface area contributed by atoms with E-state index in [2.05, 4.69) is 17.6 Å². The fourth-order valence-electron chi connectivity index (χ4n) is 3.14. The van der Waals surface area contributed by atoms with Crippen molar-refractivity contribution in [2.75, 3.05) is 20.2 Å². The molecule has 130 valence electrons. The molecule has 2 rings (SSSR count). The van der Waals surface area contributed by atoms with Crippen molar-refractivity contribution < 1.29 is 9.53 Å². The van der Waals surface area contributed by atoms with Gasteiger partial charge in [-0.25, -0.2) is 0 Å². The average molecular weight is 341 g/mol. The van der Waals surface area contributed by atoms with Gasteiger partial charge in [0.2, 0.25) is 5.91 Å². The third-order valence-electron chi connectivity index (χ3n) is 4.61. The first-order chi connectivity index (χ1) is 10.6. The fourth-order valence-corrected chi connectivity index (χ4v) is 3.14. The number of hydrogen-bond donors (Lipinski definition) is 2. The molecule has 1 unspecified atom stereocenters. The van der Waals surface area contributed by atoms with Gasteiger partial charge in [-0.1, -0.05) is 19.1 Å². The van der Waals surface area contributed by atoms with E-state index in [1.165, 1.54) is 12.8 Å². The SMILES string of the molecule is COc1cc(C)ccc1CNC(=O)CC(C)C1CCNCC1.Cl. The largest absolute Gasteiger partial charge is 0.496 e. The van der Waals surface area contributed by atoms with E-state index in [4.69, 9.17) is 4.74 Å². The first kappa shape index (κ1) is 19.8. The van der Waals surface area contributed by atoms with Crippen LogP contribution in [-0.4, -0.2) is 26.1 Å². The highest BCUT2D eigenvalue weighted by molar-refractivity contribution is 5.85. The van der Waals surface area contributed by atoms with Crippen molar-refractivity contribution in [3.63, 3.8) is 0 Å². The number of ether oxygens (including phenoxy) is 1. The Bertz CT molecular complexity index is 502. The third-order valence-corrected chi connectivity index (χ3v) is 4.61. The molecular weight excluding hydrogens is 312 g/mol. The molecule has 0 radical (unpaired) electrons. The number of nitrogens with one attached hydrogen (secondary N) is 2. The molecule has 1 saturated heterocycles.